The lowest BCUT2D eigenvalue weighted by molar-refractivity contribution is 0.152. The van der Waals surface area contributed by atoms with E-state index in [2.05, 4.69) is 24.4 Å². The molecule has 0 amide bonds. The summed E-state index contributed by atoms with van der Waals surface area (Å²) < 4.78 is 0. The zero-order valence-electron chi connectivity index (χ0n) is 12.4. The summed E-state index contributed by atoms with van der Waals surface area (Å²) in [5, 5.41) is 4.54. The first-order valence-electron chi connectivity index (χ1n) is 8.21. The first-order valence-corrected chi connectivity index (χ1v) is 8.58. The van der Waals surface area contributed by atoms with Gasteiger partial charge in [-0.15, -0.1) is 0 Å². The number of piperidine rings is 1. The number of hydrogen-bond donors (Lipinski definition) is 1. The summed E-state index contributed by atoms with van der Waals surface area (Å²) in [5.41, 5.74) is 1.37. The Balaban J connectivity index is 1.82. The Morgan fingerprint density at radius 2 is 2.00 bits per heavy atom. The van der Waals surface area contributed by atoms with Crippen molar-refractivity contribution in [1.82, 2.24) is 5.32 Å². The van der Waals surface area contributed by atoms with Gasteiger partial charge in [-0.25, -0.2) is 0 Å². The van der Waals surface area contributed by atoms with Crippen molar-refractivity contribution in [2.75, 3.05) is 13.1 Å². The lowest BCUT2D eigenvalue weighted by atomic mass is 9.67. The Hall–Kier alpha value is -0.530. The van der Waals surface area contributed by atoms with Crippen LogP contribution < -0.4 is 5.32 Å². The molecular formula is C18H26ClN. The van der Waals surface area contributed by atoms with E-state index in [9.17, 15) is 0 Å². The quantitative estimate of drug-likeness (QED) is 0.820. The highest BCUT2D eigenvalue weighted by Gasteiger charge is 2.35. The van der Waals surface area contributed by atoms with E-state index in [1.54, 1.807) is 0 Å². The third kappa shape index (κ3) is 3.04. The van der Waals surface area contributed by atoms with Crippen LogP contribution in [0.15, 0.2) is 24.3 Å². The van der Waals surface area contributed by atoms with Gasteiger partial charge in [0.05, 0.1) is 0 Å². The van der Waals surface area contributed by atoms with Gasteiger partial charge in [0.1, 0.15) is 0 Å². The minimum absolute atomic E-state index is 0.604. The maximum atomic E-state index is 6.46. The van der Waals surface area contributed by atoms with Gasteiger partial charge in [0, 0.05) is 17.5 Å². The molecule has 2 fully saturated rings. The molecule has 0 bridgehead atoms. The molecule has 0 aromatic heterocycles. The molecule has 1 aliphatic carbocycles. The molecule has 1 aliphatic heterocycles. The lowest BCUT2D eigenvalue weighted by Crippen LogP contribution is -2.39. The van der Waals surface area contributed by atoms with Crippen molar-refractivity contribution in [3.8, 4) is 0 Å². The van der Waals surface area contributed by atoms with Crippen LogP contribution in [0.2, 0.25) is 5.02 Å². The highest BCUT2D eigenvalue weighted by Crippen LogP contribution is 2.44. The summed E-state index contributed by atoms with van der Waals surface area (Å²) in [5.74, 6) is 3.24. The molecule has 0 radical (unpaired) electrons. The highest BCUT2D eigenvalue weighted by molar-refractivity contribution is 6.31. The monoisotopic (exact) mass is 291 g/mol. The first-order chi connectivity index (χ1) is 9.75. The highest BCUT2D eigenvalue weighted by atomic mass is 35.5. The normalized spacial score (nSPS) is 34.9. The smallest absolute Gasteiger partial charge is 0.0441 e. The zero-order valence-corrected chi connectivity index (χ0v) is 13.2. The summed E-state index contributed by atoms with van der Waals surface area (Å²) in [6.07, 6.45) is 7.01. The van der Waals surface area contributed by atoms with Gasteiger partial charge in [-0.2, -0.15) is 0 Å². The van der Waals surface area contributed by atoms with Crippen molar-refractivity contribution in [2.24, 2.45) is 17.8 Å². The standard InChI is InChI=1S/C18H26ClN/c1-13-5-4-6-14(11-13)15-9-10-20-12-17(15)16-7-2-3-8-18(16)19/h2-3,7-8,13-15,17,20H,4-6,9-12H2,1H3. The SMILES string of the molecule is CC1CCCC(C2CCNCC2c2ccccc2Cl)C1. The molecule has 1 N–H and O–H groups in total. The van der Waals surface area contributed by atoms with Crippen molar-refractivity contribution in [3.63, 3.8) is 0 Å². The van der Waals surface area contributed by atoms with E-state index in [0.717, 1.165) is 29.3 Å². The van der Waals surface area contributed by atoms with Crippen LogP contribution >= 0.6 is 11.6 Å². The number of halogens is 1. The first kappa shape index (κ1) is 14.4. The van der Waals surface area contributed by atoms with Gasteiger partial charge in [-0.1, -0.05) is 56.0 Å². The van der Waals surface area contributed by atoms with Crippen LogP contribution in [0.25, 0.3) is 0 Å². The zero-order chi connectivity index (χ0) is 13.9. The van der Waals surface area contributed by atoms with Crippen LogP contribution in [-0.4, -0.2) is 13.1 Å². The molecule has 4 atom stereocenters. The maximum absolute atomic E-state index is 6.46. The fourth-order valence-electron chi connectivity index (χ4n) is 4.43. The Bertz CT molecular complexity index is 445. The van der Waals surface area contributed by atoms with Gasteiger partial charge in [0.25, 0.3) is 0 Å². The van der Waals surface area contributed by atoms with Crippen LogP contribution in [0, 0.1) is 17.8 Å². The van der Waals surface area contributed by atoms with Crippen LogP contribution in [0.1, 0.15) is 50.5 Å². The molecule has 0 spiro atoms. The summed E-state index contributed by atoms with van der Waals surface area (Å²) in [6, 6.07) is 8.46. The molecular weight excluding hydrogens is 266 g/mol. The van der Waals surface area contributed by atoms with E-state index in [1.807, 2.05) is 12.1 Å². The van der Waals surface area contributed by atoms with E-state index in [-0.39, 0.29) is 0 Å². The second-order valence-corrected chi connectivity index (χ2v) is 7.22. The number of rotatable bonds is 2. The predicted octanol–water partition coefficient (Wildman–Crippen LogP) is 4.86. The van der Waals surface area contributed by atoms with Gasteiger partial charge in [-0.3, -0.25) is 0 Å². The fraction of sp³-hybridized carbons (Fsp3) is 0.667. The summed E-state index contributed by atoms with van der Waals surface area (Å²) in [7, 11) is 0. The van der Waals surface area contributed by atoms with Gasteiger partial charge in [0.2, 0.25) is 0 Å². The number of hydrogen-bond acceptors (Lipinski definition) is 1. The average Bonchev–Trinajstić information content (AvgIpc) is 2.48. The largest absolute Gasteiger partial charge is 0.316 e. The molecule has 3 rings (SSSR count). The second-order valence-electron chi connectivity index (χ2n) is 6.82. The molecule has 20 heavy (non-hydrogen) atoms. The van der Waals surface area contributed by atoms with Gasteiger partial charge >= 0.3 is 0 Å². The molecule has 2 aliphatic rings. The van der Waals surface area contributed by atoms with Crippen LogP contribution in [-0.2, 0) is 0 Å². The Morgan fingerprint density at radius 1 is 1.15 bits per heavy atom. The van der Waals surface area contributed by atoms with Gasteiger partial charge in [-0.05, 0) is 48.8 Å². The van der Waals surface area contributed by atoms with E-state index in [4.69, 9.17) is 11.6 Å². The molecule has 1 saturated heterocycles. The minimum Gasteiger partial charge on any atom is -0.316 e. The number of benzene rings is 1. The van der Waals surface area contributed by atoms with Crippen molar-refractivity contribution in [3.05, 3.63) is 34.9 Å². The van der Waals surface area contributed by atoms with Crippen molar-refractivity contribution in [2.45, 2.75) is 44.9 Å². The molecule has 4 unspecified atom stereocenters. The van der Waals surface area contributed by atoms with E-state index in [1.165, 1.54) is 44.2 Å². The van der Waals surface area contributed by atoms with Crippen LogP contribution in [0.3, 0.4) is 0 Å². The summed E-state index contributed by atoms with van der Waals surface area (Å²) in [6.45, 7) is 4.70. The third-order valence-electron chi connectivity index (χ3n) is 5.42. The van der Waals surface area contributed by atoms with E-state index < -0.39 is 0 Å². The van der Waals surface area contributed by atoms with Gasteiger partial charge in [0.15, 0.2) is 0 Å². The Labute approximate surface area is 128 Å². The summed E-state index contributed by atoms with van der Waals surface area (Å²) >= 11 is 6.46. The van der Waals surface area contributed by atoms with Crippen molar-refractivity contribution < 1.29 is 0 Å². The van der Waals surface area contributed by atoms with E-state index in [0.29, 0.717) is 5.92 Å². The van der Waals surface area contributed by atoms with Crippen LogP contribution in [0.4, 0.5) is 0 Å². The topological polar surface area (TPSA) is 12.0 Å². The Kier molecular flexibility index (Phi) is 4.68. The second kappa shape index (κ2) is 6.49. The lowest BCUT2D eigenvalue weighted by Gasteiger charge is -2.41. The van der Waals surface area contributed by atoms with Crippen molar-refractivity contribution >= 4 is 11.6 Å². The van der Waals surface area contributed by atoms with Crippen LogP contribution in [0.5, 0.6) is 0 Å². The third-order valence-corrected chi connectivity index (χ3v) is 5.77. The average molecular weight is 292 g/mol. The van der Waals surface area contributed by atoms with E-state index >= 15 is 0 Å². The molecule has 2 heteroatoms. The summed E-state index contributed by atoms with van der Waals surface area (Å²) in [4.78, 5) is 0. The molecule has 1 saturated carbocycles. The number of nitrogens with one attached hydrogen (secondary N) is 1. The molecule has 1 heterocycles. The maximum Gasteiger partial charge on any atom is 0.0441 e. The molecule has 110 valence electrons. The Morgan fingerprint density at radius 3 is 2.80 bits per heavy atom. The fourth-order valence-corrected chi connectivity index (χ4v) is 4.71. The predicted molar refractivity (Wildman–Crippen MR) is 86.3 cm³/mol. The molecule has 1 nitrogen and oxygen atoms in total. The minimum atomic E-state index is 0.604. The molecule has 1 aromatic rings. The van der Waals surface area contributed by atoms with Crippen molar-refractivity contribution in [1.29, 1.82) is 0 Å². The van der Waals surface area contributed by atoms with Gasteiger partial charge < -0.3 is 5.32 Å². The molecule has 1 aromatic carbocycles.